The number of hydrogen-bond donors (Lipinski definition) is 8. The summed E-state index contributed by atoms with van der Waals surface area (Å²) in [5, 5.41) is 51.0. The number of allylic oxidation sites excluding steroid dienone is 1. The molecule has 0 aliphatic heterocycles. The highest BCUT2D eigenvalue weighted by Gasteiger charge is 2.39. The minimum Gasteiger partial charge on any atom is -0.497 e. The number of rotatable bonds is 23. The molecule has 0 spiro atoms. The van der Waals surface area contributed by atoms with Crippen molar-refractivity contribution in [3.8, 4) is 97.3 Å². The van der Waals surface area contributed by atoms with Gasteiger partial charge in [-0.15, -0.1) is 0 Å². The lowest BCUT2D eigenvalue weighted by Gasteiger charge is -2.25. The van der Waals surface area contributed by atoms with Gasteiger partial charge >= 0.3 is 0 Å². The molecule has 0 saturated heterocycles. The van der Waals surface area contributed by atoms with E-state index in [0.717, 1.165) is 51.9 Å². The van der Waals surface area contributed by atoms with Crippen molar-refractivity contribution in [2.75, 3.05) is 73.0 Å². The number of anilines is 3. The Hall–Kier alpha value is -13.9. The fourth-order valence-corrected chi connectivity index (χ4v) is 16.0. The SMILES string of the molecule is C=CC(=O)Cl.COc1cc(OC)c(F)c(C2CCc3c(-c4c(OON)cnn4C)n[nH]c3C2)c1F.[2H]C([2H])([2H])Oc1cc(OC([2H])([2H])[2H])c(F)c(C2CCc3c(-c4c(N)cnn4C)n[nH]c3C2)c1F.[2H]C([2H])([2H])Oc1cc(OC)c(F)c(C2CCc3c(-c4c(NC(=O)C=C)cnn4C)n[nH]c3C2)c1F.[2H]C([2H])([2H])Oc1cc(OC)cc(C2CCc3c(-c4c(NC(=O)C=C)cnn4C)n[nH]c3C2)c1F. The largest absolute Gasteiger partial charge is 0.497 e. The zero-order chi connectivity index (χ0) is 101. The number of nitrogens with one attached hydrogen (secondary N) is 6. The molecule has 16 rings (SSSR count). The lowest BCUT2D eigenvalue weighted by atomic mass is 9.81. The quantitative estimate of drug-likeness (QED) is 0.00969. The molecule has 12 aromatic rings. The topological polar surface area (TPSA) is 406 Å². The number of aromatic amines is 4. The van der Waals surface area contributed by atoms with Gasteiger partial charge in [0, 0.05) is 114 Å². The number of nitrogens with two attached hydrogens (primary N) is 2. The molecule has 10 N–H and O–H groups in total. The first-order valence-corrected chi connectivity index (χ1v) is 38.7. The highest BCUT2D eigenvalue weighted by Crippen LogP contribution is 2.49. The number of amides is 2. The molecule has 8 heterocycles. The Balaban J connectivity index is 0.000000162. The Morgan fingerprint density at radius 1 is 0.444 bits per heavy atom. The first-order valence-electron chi connectivity index (χ1n) is 44.3. The number of ether oxygens (including phenoxy) is 8. The van der Waals surface area contributed by atoms with Crippen LogP contribution < -0.4 is 65.0 Å². The molecule has 41 heteroatoms. The number of carbonyl (C=O) groups is 3. The van der Waals surface area contributed by atoms with Crippen molar-refractivity contribution in [1.82, 2.24) is 79.9 Å². The van der Waals surface area contributed by atoms with Crippen LogP contribution in [-0.4, -0.2) is 154 Å². The Bertz CT molecular complexity index is 6480. The fourth-order valence-electron chi connectivity index (χ4n) is 16.0. The number of methoxy groups -OCH3 is 8. The van der Waals surface area contributed by atoms with Crippen LogP contribution >= 0.6 is 11.6 Å². The summed E-state index contributed by atoms with van der Waals surface area (Å²) >= 11 is 4.71. The third-order valence-corrected chi connectivity index (χ3v) is 22.1. The van der Waals surface area contributed by atoms with Crippen molar-refractivity contribution in [2.24, 2.45) is 34.1 Å². The number of halogens is 8. The molecule has 2 amide bonds. The second-order valence-electron chi connectivity index (χ2n) is 28.9. The van der Waals surface area contributed by atoms with Gasteiger partial charge in [-0.2, -0.15) is 46.7 Å². The summed E-state index contributed by atoms with van der Waals surface area (Å²) in [5.41, 5.74) is 18.1. The number of carbonyl (C=O) groups excluding carboxylic acids is 3. The normalized spacial score (nSPS) is 17.0. The monoisotopic (exact) mass is 1780 g/mol. The first kappa shape index (κ1) is 75.8. The molecule has 4 unspecified atom stereocenters. The third kappa shape index (κ3) is 18.4. The van der Waals surface area contributed by atoms with Crippen molar-refractivity contribution in [3.63, 3.8) is 0 Å². The Morgan fingerprint density at radius 3 is 1.10 bits per heavy atom. The number of aromatic nitrogens is 16. The predicted octanol–water partition coefficient (Wildman–Crippen LogP) is 13.3. The van der Waals surface area contributed by atoms with Crippen LogP contribution in [0, 0.1) is 40.7 Å². The molecule has 666 valence electrons. The van der Waals surface area contributed by atoms with Gasteiger partial charge in [0.2, 0.25) is 22.8 Å². The average Bonchev–Trinajstić information content (AvgIpc) is 1.29. The molecule has 8 aromatic heterocycles. The molecular weight excluding hydrogens is 1680 g/mol. The molecule has 4 aliphatic rings. The first-order chi connectivity index (χ1) is 65.2. The van der Waals surface area contributed by atoms with Crippen LogP contribution in [0.5, 0.6) is 51.7 Å². The number of aryl methyl sites for hydroxylation is 4. The lowest BCUT2D eigenvalue weighted by molar-refractivity contribution is -0.211. The highest BCUT2D eigenvalue weighted by atomic mass is 35.5. The molecule has 0 fully saturated rings. The summed E-state index contributed by atoms with van der Waals surface area (Å²) in [7, 11) is 0.403. The smallest absolute Gasteiger partial charge is 0.247 e. The molecule has 33 nitrogen and oxygen atoms in total. The van der Waals surface area contributed by atoms with E-state index in [9.17, 15) is 23.2 Å². The molecule has 4 aliphatic carbocycles. The minimum absolute atomic E-state index is 0.0471. The molecule has 0 bridgehead atoms. The van der Waals surface area contributed by atoms with Crippen LogP contribution in [0.25, 0.3) is 45.6 Å². The summed E-state index contributed by atoms with van der Waals surface area (Å²) in [6.45, 7) is 9.99. The number of nitrogen functional groups attached to an aromatic ring is 1. The van der Waals surface area contributed by atoms with Crippen LogP contribution in [0.4, 0.5) is 47.8 Å². The number of fused-ring (bicyclic) bond motifs is 4. The summed E-state index contributed by atoms with van der Waals surface area (Å²) in [5.74, 6) is -6.83. The van der Waals surface area contributed by atoms with Gasteiger partial charge in [0.1, 0.15) is 51.3 Å². The second-order valence-corrected chi connectivity index (χ2v) is 29.2. The van der Waals surface area contributed by atoms with Gasteiger partial charge in [-0.05, 0) is 142 Å². The maximum Gasteiger partial charge on any atom is 0.247 e. The summed E-state index contributed by atoms with van der Waals surface area (Å²) < 4.78 is 239. The van der Waals surface area contributed by atoms with Crippen molar-refractivity contribution in [3.05, 3.63) is 201 Å². The Kier molecular flexibility index (Phi) is 23.9. The van der Waals surface area contributed by atoms with E-state index in [1.807, 2.05) is 0 Å². The zero-order valence-corrected chi connectivity index (χ0v) is 69.5. The molecule has 0 saturated carbocycles. The number of hydrogen-bond acceptors (Lipinski definition) is 23. The molecule has 4 aromatic carbocycles. The summed E-state index contributed by atoms with van der Waals surface area (Å²) in [6, 6.07) is 5.50. The minimum atomic E-state index is -3.05. The van der Waals surface area contributed by atoms with Crippen LogP contribution in [0.3, 0.4) is 0 Å². The van der Waals surface area contributed by atoms with E-state index >= 15 is 22.0 Å². The van der Waals surface area contributed by atoms with Gasteiger partial charge in [-0.3, -0.25) is 53.5 Å². The Labute approximate surface area is 738 Å². The number of benzene rings is 4. The zero-order valence-electron chi connectivity index (χ0n) is 80.7. The van der Waals surface area contributed by atoms with E-state index in [1.54, 1.807) is 59.2 Å². The maximum atomic E-state index is 15.3. The average molecular weight is 1780 g/mol. The molecule has 4 atom stereocenters. The predicted molar refractivity (Wildman–Crippen MR) is 449 cm³/mol. The van der Waals surface area contributed by atoms with Gasteiger partial charge < -0.3 is 59.1 Å². The van der Waals surface area contributed by atoms with Gasteiger partial charge in [0.15, 0.2) is 81.0 Å². The van der Waals surface area contributed by atoms with Crippen LogP contribution in [0.1, 0.15) is 133 Å². The van der Waals surface area contributed by atoms with Gasteiger partial charge in [0.25, 0.3) is 0 Å². The summed E-state index contributed by atoms with van der Waals surface area (Å²) in [4.78, 5) is 42.3. The van der Waals surface area contributed by atoms with E-state index in [4.69, 9.17) is 73.0 Å². The van der Waals surface area contributed by atoms with E-state index in [0.29, 0.717) is 155 Å². The second kappa shape index (κ2) is 39.7. The van der Waals surface area contributed by atoms with Crippen molar-refractivity contribution in [2.45, 2.75) is 101 Å². The lowest BCUT2D eigenvalue weighted by Crippen LogP contribution is -2.16. The van der Waals surface area contributed by atoms with Crippen molar-refractivity contribution in [1.29, 1.82) is 0 Å². The maximum absolute atomic E-state index is 15.3. The van der Waals surface area contributed by atoms with Gasteiger partial charge in [-0.25, -0.2) is 30.7 Å². The van der Waals surface area contributed by atoms with Crippen LogP contribution in [0.15, 0.2) is 93.1 Å². The van der Waals surface area contributed by atoms with Gasteiger partial charge in [0.05, 0.1) is 115 Å². The van der Waals surface area contributed by atoms with E-state index in [1.165, 1.54) is 65.2 Å². The third-order valence-electron chi connectivity index (χ3n) is 22.0. The van der Waals surface area contributed by atoms with E-state index in [-0.39, 0.29) is 65.2 Å². The van der Waals surface area contributed by atoms with Crippen molar-refractivity contribution >= 4 is 45.7 Å². The molecular formula is C85H92ClF7N20O13. The standard InChI is InChI=1S/C22H23F2N5O3.C22H24FN5O3.C19H21F2N5O4.C19H21F2N5O2.C3H3ClO/c1-5-17(30)26-14-10-25-29(2)22(14)21-12-7-6-11(8-13(12)27-28-21)18-19(23)15(31-3)9-16(32-4)20(18)24;1-5-19(29)25-17-11-24-28(2)22(17)21-14-7-6-12(8-16(14)26-27-21)15-9-13(30-3)10-18(31-4)20(15)23;1-26-19(14(8-23-26)29-30-22)18-10-5-4-9(6-11(10)24-25-18)15-16(20)12(27-2)7-13(28-3)17(15)21;1-26-19(11(22)8-23-26)18-10-5-4-9(6-12(10)24-25-18)15-16(20)13(27-2)7-14(28-3)17(15)21;1-2-3(4)5/h5,9-11H,1,6-8H2,2-4H3,(H,26,30)(H,27,28);5,9-12H,1,6-8H2,2-4H3,(H,25,29)(H,26,27);7-9H,4-6,22H2,1-3H3,(H,24,25);7-9H,4-6,22H2,1-3H3,(H,24,25);2H,1H2/i3D3;4D3;;2D3,3D3;. The Morgan fingerprint density at radius 2 is 0.762 bits per heavy atom. The van der Waals surface area contributed by atoms with Crippen LogP contribution in [0.2, 0.25) is 0 Å². The van der Waals surface area contributed by atoms with Crippen LogP contribution in [-0.2, 0) is 98.9 Å². The number of H-pyrrole nitrogens is 4. The molecule has 126 heavy (non-hydrogen) atoms. The fraction of sp³-hybridized carbons (Fsp3) is 0.329. The van der Waals surface area contributed by atoms with E-state index < -0.39 is 121 Å². The highest BCUT2D eigenvalue weighted by molar-refractivity contribution is 6.66. The summed E-state index contributed by atoms with van der Waals surface area (Å²) in [6.07, 6.45) is 14.1. The number of nitrogens with zero attached hydrogens (tertiary/aromatic N) is 12. The molecule has 0 radical (unpaired) electrons. The van der Waals surface area contributed by atoms with Gasteiger partial charge in [-0.1, -0.05) is 24.7 Å². The van der Waals surface area contributed by atoms with E-state index in [2.05, 4.69) is 106 Å². The van der Waals surface area contributed by atoms with Crippen molar-refractivity contribution < 1.29 is 109 Å².